The monoisotopic (exact) mass is 365 g/mol. The third-order valence-corrected chi connectivity index (χ3v) is 4.64. The molecule has 0 unspecified atom stereocenters. The minimum atomic E-state index is -0.378. The number of halogens is 1. The van der Waals surface area contributed by atoms with Gasteiger partial charge >= 0.3 is 0 Å². The molecule has 0 spiro atoms. The summed E-state index contributed by atoms with van der Waals surface area (Å²) in [6, 6.07) is 15.7. The summed E-state index contributed by atoms with van der Waals surface area (Å²) in [5.74, 6) is -0.510. The van der Waals surface area contributed by atoms with Crippen molar-refractivity contribution in [2.75, 3.05) is 20.1 Å². The zero-order chi connectivity index (χ0) is 19.6. The highest BCUT2D eigenvalue weighted by molar-refractivity contribution is 6.07. The van der Waals surface area contributed by atoms with Gasteiger partial charge in [-0.15, -0.1) is 0 Å². The van der Waals surface area contributed by atoms with Gasteiger partial charge in [0.1, 0.15) is 5.82 Å². The Morgan fingerprint density at radius 3 is 2.52 bits per heavy atom. The van der Waals surface area contributed by atoms with Gasteiger partial charge in [-0.25, -0.2) is 9.37 Å². The molecule has 5 heteroatoms. The van der Waals surface area contributed by atoms with Gasteiger partial charge in [-0.1, -0.05) is 44.2 Å². The third-order valence-electron chi connectivity index (χ3n) is 4.64. The van der Waals surface area contributed by atoms with Crippen molar-refractivity contribution in [1.82, 2.24) is 9.88 Å². The van der Waals surface area contributed by atoms with Crippen LogP contribution in [0.1, 0.15) is 24.2 Å². The molecule has 1 amide bonds. The van der Waals surface area contributed by atoms with E-state index in [2.05, 4.69) is 4.98 Å². The molecular formula is C22H24FN3O. The fourth-order valence-corrected chi connectivity index (χ4v) is 3.12. The maximum Gasteiger partial charge on any atom is 0.254 e. The van der Waals surface area contributed by atoms with Crippen molar-refractivity contribution < 1.29 is 9.18 Å². The lowest BCUT2D eigenvalue weighted by atomic mass is 9.93. The fraction of sp³-hybridized carbons (Fsp3) is 0.273. The number of rotatable bonds is 5. The molecule has 0 aliphatic rings. The Balaban J connectivity index is 2.11. The Bertz CT molecular complexity index is 970. The van der Waals surface area contributed by atoms with Gasteiger partial charge in [0.25, 0.3) is 5.91 Å². The smallest absolute Gasteiger partial charge is 0.254 e. The average molecular weight is 365 g/mol. The Kier molecular flexibility index (Phi) is 5.24. The molecule has 2 aromatic carbocycles. The van der Waals surface area contributed by atoms with E-state index in [9.17, 15) is 9.18 Å². The Labute approximate surface area is 158 Å². The SMILES string of the molecule is CN(CC(C)(C)CN)C(=O)c1cc(-c2ccccc2)nc2cc(F)ccc12. The van der Waals surface area contributed by atoms with Crippen molar-refractivity contribution in [3.63, 3.8) is 0 Å². The number of fused-ring (bicyclic) bond motifs is 1. The second-order valence-corrected chi connectivity index (χ2v) is 7.61. The van der Waals surface area contributed by atoms with Crippen molar-refractivity contribution in [2.45, 2.75) is 13.8 Å². The molecule has 2 N–H and O–H groups in total. The molecular weight excluding hydrogens is 341 g/mol. The fourth-order valence-electron chi connectivity index (χ4n) is 3.12. The van der Waals surface area contributed by atoms with Gasteiger partial charge in [0, 0.05) is 30.6 Å². The highest BCUT2D eigenvalue weighted by atomic mass is 19.1. The number of benzene rings is 2. The lowest BCUT2D eigenvalue weighted by Gasteiger charge is -2.29. The highest BCUT2D eigenvalue weighted by Crippen LogP contribution is 2.27. The average Bonchev–Trinajstić information content (AvgIpc) is 2.66. The largest absolute Gasteiger partial charge is 0.341 e. The summed E-state index contributed by atoms with van der Waals surface area (Å²) in [6.07, 6.45) is 0. The maximum absolute atomic E-state index is 13.8. The zero-order valence-electron chi connectivity index (χ0n) is 15.9. The predicted octanol–water partition coefficient (Wildman–Crippen LogP) is 4.10. The van der Waals surface area contributed by atoms with E-state index in [-0.39, 0.29) is 17.1 Å². The molecule has 3 aromatic rings. The van der Waals surface area contributed by atoms with Crippen LogP contribution in [0.5, 0.6) is 0 Å². The van der Waals surface area contributed by atoms with E-state index >= 15 is 0 Å². The molecule has 0 bridgehead atoms. The van der Waals surface area contributed by atoms with Crippen LogP contribution in [0, 0.1) is 11.2 Å². The highest BCUT2D eigenvalue weighted by Gasteiger charge is 2.24. The summed E-state index contributed by atoms with van der Waals surface area (Å²) in [5.41, 5.74) is 8.11. The Hall–Kier alpha value is -2.79. The van der Waals surface area contributed by atoms with Crippen molar-refractivity contribution in [2.24, 2.45) is 11.1 Å². The molecule has 140 valence electrons. The number of carbonyl (C=O) groups excluding carboxylic acids is 1. The number of amides is 1. The van der Waals surface area contributed by atoms with Crippen LogP contribution < -0.4 is 5.73 Å². The molecule has 0 saturated heterocycles. The third kappa shape index (κ3) is 4.14. The molecule has 0 aliphatic heterocycles. The van der Waals surface area contributed by atoms with Gasteiger partial charge in [0.05, 0.1) is 16.8 Å². The zero-order valence-corrected chi connectivity index (χ0v) is 15.9. The number of nitrogens with two attached hydrogens (primary N) is 1. The summed E-state index contributed by atoms with van der Waals surface area (Å²) in [7, 11) is 1.76. The van der Waals surface area contributed by atoms with E-state index in [0.29, 0.717) is 35.2 Å². The Morgan fingerprint density at radius 2 is 1.85 bits per heavy atom. The number of hydrogen-bond donors (Lipinski definition) is 1. The van der Waals surface area contributed by atoms with Crippen LogP contribution in [0.2, 0.25) is 0 Å². The number of nitrogens with zero attached hydrogens (tertiary/aromatic N) is 2. The van der Waals surface area contributed by atoms with E-state index in [4.69, 9.17) is 5.73 Å². The van der Waals surface area contributed by atoms with Crippen LogP contribution in [-0.2, 0) is 0 Å². The van der Waals surface area contributed by atoms with Crippen LogP contribution in [-0.4, -0.2) is 35.9 Å². The molecule has 0 aliphatic carbocycles. The quantitative estimate of drug-likeness (QED) is 0.741. The molecule has 0 radical (unpaired) electrons. The lowest BCUT2D eigenvalue weighted by Crippen LogP contribution is -2.39. The van der Waals surface area contributed by atoms with Crippen LogP contribution in [0.3, 0.4) is 0 Å². The molecule has 3 rings (SSSR count). The van der Waals surface area contributed by atoms with Gasteiger partial charge in [-0.3, -0.25) is 4.79 Å². The molecule has 1 heterocycles. The first-order valence-corrected chi connectivity index (χ1v) is 8.92. The second kappa shape index (κ2) is 7.45. The second-order valence-electron chi connectivity index (χ2n) is 7.61. The first kappa shape index (κ1) is 19.0. The molecule has 0 fully saturated rings. The van der Waals surface area contributed by atoms with E-state index < -0.39 is 0 Å². The van der Waals surface area contributed by atoms with Crippen molar-refractivity contribution in [3.05, 3.63) is 66.0 Å². The molecule has 0 atom stereocenters. The predicted molar refractivity (Wildman–Crippen MR) is 107 cm³/mol. The van der Waals surface area contributed by atoms with Crippen LogP contribution in [0.25, 0.3) is 22.2 Å². The van der Waals surface area contributed by atoms with Crippen LogP contribution in [0.4, 0.5) is 4.39 Å². The molecule has 0 saturated carbocycles. The lowest BCUT2D eigenvalue weighted by molar-refractivity contribution is 0.0742. The standard InChI is InChI=1S/C22H24FN3O/c1-22(2,13-24)14-26(3)21(27)18-12-19(15-7-5-4-6-8-15)25-20-11-16(23)9-10-17(18)20/h4-12H,13-14,24H2,1-3H3. The van der Waals surface area contributed by atoms with E-state index in [1.54, 1.807) is 24.1 Å². The van der Waals surface area contributed by atoms with E-state index in [0.717, 1.165) is 5.56 Å². The van der Waals surface area contributed by atoms with Crippen molar-refractivity contribution in [1.29, 1.82) is 0 Å². The normalized spacial score (nSPS) is 11.6. The van der Waals surface area contributed by atoms with Gasteiger partial charge in [-0.2, -0.15) is 0 Å². The number of carbonyl (C=O) groups is 1. The summed E-state index contributed by atoms with van der Waals surface area (Å²) in [6.45, 7) is 5.04. The summed E-state index contributed by atoms with van der Waals surface area (Å²) in [4.78, 5) is 19.4. The van der Waals surface area contributed by atoms with Gasteiger partial charge < -0.3 is 10.6 Å². The summed E-state index contributed by atoms with van der Waals surface area (Å²) in [5, 5.41) is 0.637. The van der Waals surface area contributed by atoms with Gasteiger partial charge in [-0.05, 0) is 30.2 Å². The first-order chi connectivity index (χ1) is 12.8. The summed E-state index contributed by atoms with van der Waals surface area (Å²) >= 11 is 0. The number of pyridine rings is 1. The van der Waals surface area contributed by atoms with Crippen LogP contribution >= 0.6 is 0 Å². The molecule has 27 heavy (non-hydrogen) atoms. The van der Waals surface area contributed by atoms with Crippen molar-refractivity contribution >= 4 is 16.8 Å². The molecule has 1 aromatic heterocycles. The maximum atomic E-state index is 13.8. The minimum Gasteiger partial charge on any atom is -0.341 e. The minimum absolute atomic E-state index is 0.132. The number of hydrogen-bond acceptors (Lipinski definition) is 3. The molecule has 4 nitrogen and oxygen atoms in total. The van der Waals surface area contributed by atoms with E-state index in [1.807, 2.05) is 44.2 Å². The Morgan fingerprint density at radius 1 is 1.15 bits per heavy atom. The van der Waals surface area contributed by atoms with Gasteiger partial charge in [0.2, 0.25) is 0 Å². The topological polar surface area (TPSA) is 59.2 Å². The van der Waals surface area contributed by atoms with Gasteiger partial charge in [0.15, 0.2) is 0 Å². The summed E-state index contributed by atoms with van der Waals surface area (Å²) < 4.78 is 13.8. The van der Waals surface area contributed by atoms with E-state index in [1.165, 1.54) is 12.1 Å². The number of aromatic nitrogens is 1. The van der Waals surface area contributed by atoms with Crippen LogP contribution in [0.15, 0.2) is 54.6 Å². The first-order valence-electron chi connectivity index (χ1n) is 8.92. The van der Waals surface area contributed by atoms with Crippen molar-refractivity contribution in [3.8, 4) is 11.3 Å².